The van der Waals surface area contributed by atoms with Gasteiger partial charge in [0.2, 0.25) is 0 Å². The van der Waals surface area contributed by atoms with Crippen LogP contribution in [0.15, 0.2) is 49.1 Å². The molecule has 0 fully saturated rings. The van der Waals surface area contributed by atoms with Crippen molar-refractivity contribution in [3.05, 3.63) is 70.1 Å². The Morgan fingerprint density at radius 1 is 1.37 bits per heavy atom. The zero-order valence-electron chi connectivity index (χ0n) is 16.4. The molecule has 7 nitrogen and oxygen atoms in total. The maximum Gasteiger partial charge on any atom is 0.262 e. The summed E-state index contributed by atoms with van der Waals surface area (Å²) in [6.45, 7) is 2.62. The molecular formula is C21H20ClN5O2S. The predicted molar refractivity (Wildman–Crippen MR) is 118 cm³/mol. The number of nitrogens with one attached hydrogen (secondary N) is 1. The summed E-state index contributed by atoms with van der Waals surface area (Å²) in [6.07, 6.45) is 6.54. The predicted octanol–water partition coefficient (Wildman–Crippen LogP) is 4.07. The van der Waals surface area contributed by atoms with Crippen molar-refractivity contribution in [2.75, 3.05) is 7.05 Å². The smallest absolute Gasteiger partial charge is 0.262 e. The van der Waals surface area contributed by atoms with Crippen molar-refractivity contribution in [2.45, 2.75) is 19.6 Å². The molecular weight excluding hydrogens is 422 g/mol. The summed E-state index contributed by atoms with van der Waals surface area (Å²) in [7, 11) is 1.88. The normalized spacial score (nSPS) is 12.2. The van der Waals surface area contributed by atoms with Gasteiger partial charge in [-0.15, -0.1) is 11.3 Å². The van der Waals surface area contributed by atoms with Gasteiger partial charge in [-0.1, -0.05) is 23.7 Å². The molecule has 0 aliphatic rings. The van der Waals surface area contributed by atoms with Crippen LogP contribution in [0.25, 0.3) is 16.2 Å². The van der Waals surface area contributed by atoms with E-state index in [1.165, 1.54) is 11.3 Å². The van der Waals surface area contributed by atoms with E-state index < -0.39 is 5.91 Å². The number of amides is 1. The zero-order valence-corrected chi connectivity index (χ0v) is 18.0. The minimum absolute atomic E-state index is 0.351. The molecule has 1 amide bonds. The number of primary amides is 1. The molecule has 3 N–H and O–H groups in total. The fourth-order valence-corrected chi connectivity index (χ4v) is 4.56. The zero-order chi connectivity index (χ0) is 21.3. The van der Waals surface area contributed by atoms with Crippen molar-refractivity contribution >= 4 is 34.5 Å². The molecule has 0 saturated heterocycles. The number of nitrogens with zero attached hydrogens (tertiary/aromatic N) is 3. The third-order valence-corrected chi connectivity index (χ3v) is 6.16. The first-order valence-electron chi connectivity index (χ1n) is 9.28. The second-order valence-electron chi connectivity index (χ2n) is 6.76. The molecule has 1 atom stereocenters. The van der Waals surface area contributed by atoms with Gasteiger partial charge in [-0.25, -0.2) is 4.98 Å². The Bertz CT molecular complexity index is 1220. The van der Waals surface area contributed by atoms with Crippen molar-refractivity contribution in [1.29, 1.82) is 0 Å². The number of carbonyl (C=O) groups is 1. The first-order valence-corrected chi connectivity index (χ1v) is 10.5. The van der Waals surface area contributed by atoms with Crippen molar-refractivity contribution in [2.24, 2.45) is 5.73 Å². The first-order chi connectivity index (χ1) is 14.5. The van der Waals surface area contributed by atoms with E-state index in [-0.39, 0.29) is 6.10 Å². The number of rotatable bonds is 7. The highest BCUT2D eigenvalue weighted by Gasteiger charge is 2.21. The lowest BCUT2D eigenvalue weighted by Gasteiger charge is -2.17. The summed E-state index contributed by atoms with van der Waals surface area (Å²) in [5.41, 5.74) is 9.08. The summed E-state index contributed by atoms with van der Waals surface area (Å²) in [6, 6.07) is 7.66. The Hall–Kier alpha value is -2.94. The van der Waals surface area contributed by atoms with Crippen LogP contribution in [0.1, 0.15) is 33.8 Å². The number of imidazole rings is 1. The van der Waals surface area contributed by atoms with Crippen LogP contribution in [0.2, 0.25) is 5.02 Å². The molecule has 0 aliphatic heterocycles. The maximum atomic E-state index is 12.1. The molecule has 9 heteroatoms. The fourth-order valence-electron chi connectivity index (χ4n) is 3.25. The lowest BCUT2D eigenvalue weighted by atomic mass is 10.1. The van der Waals surface area contributed by atoms with Gasteiger partial charge < -0.3 is 15.8 Å². The second kappa shape index (κ2) is 8.43. The number of thiophene rings is 1. The SMILES string of the molecule is CNCc1ccc([C@@H](C)Oc2cc(-c3cnc4cnccn34)sc2C(N)=O)c(Cl)c1. The average molecular weight is 442 g/mol. The number of halogens is 1. The minimum Gasteiger partial charge on any atom is -0.484 e. The van der Waals surface area contributed by atoms with Crippen LogP contribution < -0.4 is 15.8 Å². The lowest BCUT2D eigenvalue weighted by Crippen LogP contribution is -2.12. The van der Waals surface area contributed by atoms with Crippen LogP contribution in [0.3, 0.4) is 0 Å². The van der Waals surface area contributed by atoms with Crippen LogP contribution in [0.5, 0.6) is 5.75 Å². The Balaban J connectivity index is 1.67. The van der Waals surface area contributed by atoms with E-state index in [1.54, 1.807) is 18.6 Å². The first kappa shape index (κ1) is 20.3. The summed E-state index contributed by atoms with van der Waals surface area (Å²) < 4.78 is 8.03. The third kappa shape index (κ3) is 3.89. The van der Waals surface area contributed by atoms with Gasteiger partial charge in [0.05, 0.1) is 23.0 Å². The highest BCUT2D eigenvalue weighted by molar-refractivity contribution is 7.17. The molecule has 4 rings (SSSR count). The van der Waals surface area contributed by atoms with Crippen LogP contribution in [-0.2, 0) is 6.54 Å². The van der Waals surface area contributed by atoms with E-state index in [4.69, 9.17) is 22.1 Å². The molecule has 0 radical (unpaired) electrons. The largest absolute Gasteiger partial charge is 0.484 e. The van der Waals surface area contributed by atoms with Gasteiger partial charge in [-0.05, 0) is 25.6 Å². The van der Waals surface area contributed by atoms with E-state index in [0.29, 0.717) is 21.3 Å². The van der Waals surface area contributed by atoms with E-state index in [1.807, 2.05) is 48.8 Å². The van der Waals surface area contributed by atoms with Gasteiger partial charge in [0.1, 0.15) is 16.7 Å². The van der Waals surface area contributed by atoms with Crippen molar-refractivity contribution in [3.8, 4) is 16.3 Å². The summed E-state index contributed by atoms with van der Waals surface area (Å²) in [4.78, 5) is 21.7. The van der Waals surface area contributed by atoms with E-state index in [0.717, 1.165) is 28.2 Å². The Morgan fingerprint density at radius 2 is 2.20 bits per heavy atom. The molecule has 30 heavy (non-hydrogen) atoms. The van der Waals surface area contributed by atoms with E-state index in [9.17, 15) is 4.79 Å². The highest BCUT2D eigenvalue weighted by atomic mass is 35.5. The average Bonchev–Trinajstić information content (AvgIpc) is 3.32. The van der Waals surface area contributed by atoms with Gasteiger partial charge in [-0.2, -0.15) is 0 Å². The number of ether oxygens (including phenoxy) is 1. The molecule has 3 aromatic heterocycles. The minimum atomic E-state index is -0.542. The van der Waals surface area contributed by atoms with Crippen molar-refractivity contribution in [1.82, 2.24) is 19.7 Å². The number of benzene rings is 1. The summed E-state index contributed by atoms with van der Waals surface area (Å²) in [5.74, 6) is -0.117. The van der Waals surface area contributed by atoms with Gasteiger partial charge in [-0.3, -0.25) is 14.2 Å². The third-order valence-electron chi connectivity index (χ3n) is 4.68. The molecule has 0 bridgehead atoms. The van der Waals surface area contributed by atoms with Crippen molar-refractivity contribution < 1.29 is 9.53 Å². The highest BCUT2D eigenvalue weighted by Crippen LogP contribution is 2.39. The van der Waals surface area contributed by atoms with Gasteiger partial charge in [0, 0.05) is 35.6 Å². The van der Waals surface area contributed by atoms with Crippen LogP contribution in [0.4, 0.5) is 0 Å². The standard InChI is InChI=1S/C21H20ClN5O2S/c1-12(14-4-3-13(9-24-2)7-15(14)22)29-17-8-18(30-20(17)21(23)28)16-10-26-19-11-25-5-6-27(16)19/h3-8,10-12,24H,9H2,1-2H3,(H2,23,28)/t12-/m1/s1. The van der Waals surface area contributed by atoms with Crippen LogP contribution in [0, 0.1) is 0 Å². The summed E-state index contributed by atoms with van der Waals surface area (Å²) in [5, 5.41) is 3.71. The van der Waals surface area contributed by atoms with E-state index in [2.05, 4.69) is 15.3 Å². The van der Waals surface area contributed by atoms with Gasteiger partial charge in [0.15, 0.2) is 5.65 Å². The monoisotopic (exact) mass is 441 g/mol. The number of hydrogen-bond donors (Lipinski definition) is 2. The summed E-state index contributed by atoms with van der Waals surface area (Å²) >= 11 is 7.73. The number of fused-ring (bicyclic) bond motifs is 1. The number of nitrogens with two attached hydrogens (primary N) is 1. The molecule has 4 aromatic rings. The molecule has 0 aliphatic carbocycles. The topological polar surface area (TPSA) is 94.5 Å². The lowest BCUT2D eigenvalue weighted by molar-refractivity contribution is 0.0998. The molecule has 3 heterocycles. The molecule has 1 aromatic carbocycles. The Labute approximate surface area is 182 Å². The molecule has 0 unspecified atom stereocenters. The van der Waals surface area contributed by atoms with Crippen LogP contribution >= 0.6 is 22.9 Å². The number of carbonyl (C=O) groups excluding carboxylic acids is 1. The molecule has 154 valence electrons. The molecule has 0 spiro atoms. The maximum absolute atomic E-state index is 12.1. The Morgan fingerprint density at radius 3 is 2.93 bits per heavy atom. The van der Waals surface area contributed by atoms with Gasteiger partial charge in [0.25, 0.3) is 5.91 Å². The number of hydrogen-bond acceptors (Lipinski definition) is 6. The Kier molecular flexibility index (Phi) is 5.72. The quantitative estimate of drug-likeness (QED) is 0.450. The second-order valence-corrected chi connectivity index (χ2v) is 8.22. The van der Waals surface area contributed by atoms with Crippen molar-refractivity contribution in [3.63, 3.8) is 0 Å². The number of aromatic nitrogens is 3. The van der Waals surface area contributed by atoms with Gasteiger partial charge >= 0.3 is 0 Å². The molecule has 0 saturated carbocycles. The van der Waals surface area contributed by atoms with E-state index >= 15 is 0 Å². The fraction of sp³-hybridized carbons (Fsp3) is 0.190. The van der Waals surface area contributed by atoms with Crippen LogP contribution in [-0.4, -0.2) is 27.3 Å².